The molecule has 2 saturated heterocycles. The average molecular weight is 282 g/mol. The van der Waals surface area contributed by atoms with E-state index in [1.54, 1.807) is 0 Å². The van der Waals surface area contributed by atoms with Gasteiger partial charge in [-0.05, 0) is 50.7 Å². The van der Waals surface area contributed by atoms with Gasteiger partial charge in [0.15, 0.2) is 0 Å². The largest absolute Gasteiger partial charge is 0.308 e. The van der Waals surface area contributed by atoms with Crippen LogP contribution >= 0.6 is 11.8 Å². The minimum atomic E-state index is 0.408. The van der Waals surface area contributed by atoms with Crippen molar-refractivity contribution in [2.24, 2.45) is 5.92 Å². The highest BCUT2D eigenvalue weighted by Crippen LogP contribution is 2.41. The molecule has 3 unspecified atom stereocenters. The topological polar surface area (TPSA) is 15.3 Å². The van der Waals surface area contributed by atoms with Crippen LogP contribution in [0.4, 0.5) is 0 Å². The first-order chi connectivity index (χ1) is 9.21. The summed E-state index contributed by atoms with van der Waals surface area (Å²) in [4.78, 5) is 2.83. The number of nitrogens with zero attached hydrogens (tertiary/aromatic N) is 1. The van der Waals surface area contributed by atoms with Crippen molar-refractivity contribution in [3.05, 3.63) is 0 Å². The summed E-state index contributed by atoms with van der Waals surface area (Å²) < 4.78 is 0. The first kappa shape index (κ1) is 14.2. The van der Waals surface area contributed by atoms with Crippen LogP contribution in [0.2, 0.25) is 0 Å². The molecule has 2 nitrogen and oxygen atoms in total. The first-order valence-corrected chi connectivity index (χ1v) is 9.37. The highest BCUT2D eigenvalue weighted by atomic mass is 32.2. The molecule has 0 aromatic rings. The van der Waals surface area contributed by atoms with Gasteiger partial charge in [-0.15, -0.1) is 0 Å². The van der Waals surface area contributed by atoms with E-state index < -0.39 is 0 Å². The van der Waals surface area contributed by atoms with Crippen LogP contribution in [-0.4, -0.2) is 47.1 Å². The molecule has 0 aromatic heterocycles. The number of hydrogen-bond acceptors (Lipinski definition) is 3. The fraction of sp³-hybridized carbons (Fsp3) is 1.00. The molecule has 3 heteroatoms. The molecule has 3 aliphatic rings. The Labute approximate surface area is 123 Å². The van der Waals surface area contributed by atoms with Crippen LogP contribution in [0, 0.1) is 5.92 Å². The first-order valence-electron chi connectivity index (χ1n) is 8.32. The third-order valence-corrected chi connectivity index (χ3v) is 6.83. The second kappa shape index (κ2) is 5.95. The maximum atomic E-state index is 3.88. The lowest BCUT2D eigenvalue weighted by atomic mass is 9.90. The molecule has 1 saturated carbocycles. The lowest BCUT2D eigenvalue weighted by Crippen LogP contribution is -2.64. The summed E-state index contributed by atoms with van der Waals surface area (Å²) >= 11 is 2.23. The van der Waals surface area contributed by atoms with Crippen molar-refractivity contribution in [1.82, 2.24) is 10.2 Å². The minimum absolute atomic E-state index is 0.408. The third kappa shape index (κ3) is 3.30. The summed E-state index contributed by atoms with van der Waals surface area (Å²) in [6.45, 7) is 8.66. The molecule has 0 bridgehead atoms. The zero-order valence-electron chi connectivity index (χ0n) is 12.7. The molecule has 3 atom stereocenters. The summed E-state index contributed by atoms with van der Waals surface area (Å²) in [5.41, 5.74) is 0.408. The molecule has 0 spiro atoms. The number of thioether (sulfide) groups is 1. The minimum Gasteiger partial charge on any atom is -0.308 e. The van der Waals surface area contributed by atoms with Crippen LogP contribution in [0.5, 0.6) is 0 Å². The van der Waals surface area contributed by atoms with E-state index in [2.05, 4.69) is 35.8 Å². The second-order valence-electron chi connectivity index (χ2n) is 7.05. The SMILES string of the molecule is CCC1CNC(C)(C2CC2)CN1CC1CCCCS1. The Kier molecular flexibility index (Phi) is 4.45. The average Bonchev–Trinajstić information content (AvgIpc) is 3.25. The van der Waals surface area contributed by atoms with Crippen LogP contribution in [-0.2, 0) is 0 Å². The van der Waals surface area contributed by atoms with Gasteiger partial charge in [0, 0.05) is 36.5 Å². The summed E-state index contributed by atoms with van der Waals surface area (Å²) in [7, 11) is 0. The predicted octanol–water partition coefficient (Wildman–Crippen LogP) is 3.12. The molecule has 1 N–H and O–H groups in total. The zero-order chi connectivity index (χ0) is 13.3. The van der Waals surface area contributed by atoms with E-state index in [1.165, 1.54) is 63.9 Å². The van der Waals surface area contributed by atoms with E-state index in [0.717, 1.165) is 17.2 Å². The van der Waals surface area contributed by atoms with E-state index in [4.69, 9.17) is 0 Å². The maximum absolute atomic E-state index is 3.88. The third-order valence-electron chi connectivity index (χ3n) is 5.45. The highest BCUT2D eigenvalue weighted by Gasteiger charge is 2.45. The normalized spacial score (nSPS) is 41.4. The van der Waals surface area contributed by atoms with Gasteiger partial charge in [0.1, 0.15) is 0 Å². The number of piperazine rings is 1. The fourth-order valence-electron chi connectivity index (χ4n) is 3.91. The van der Waals surface area contributed by atoms with Crippen molar-refractivity contribution in [1.29, 1.82) is 0 Å². The number of rotatable bonds is 4. The van der Waals surface area contributed by atoms with Gasteiger partial charge in [-0.2, -0.15) is 11.8 Å². The Bertz CT molecular complexity index is 299. The molecule has 1 aliphatic carbocycles. The number of hydrogen-bond donors (Lipinski definition) is 1. The Hall–Kier alpha value is 0.270. The molecule has 0 radical (unpaired) electrons. The van der Waals surface area contributed by atoms with Gasteiger partial charge in [0.2, 0.25) is 0 Å². The fourth-order valence-corrected chi connectivity index (χ4v) is 5.24. The van der Waals surface area contributed by atoms with Crippen molar-refractivity contribution in [2.75, 3.05) is 25.4 Å². The molecule has 0 amide bonds. The Morgan fingerprint density at radius 3 is 2.74 bits per heavy atom. The van der Waals surface area contributed by atoms with Gasteiger partial charge in [-0.1, -0.05) is 13.3 Å². The lowest BCUT2D eigenvalue weighted by molar-refractivity contribution is 0.0725. The molecule has 2 aliphatic heterocycles. The molecule has 3 rings (SSSR count). The lowest BCUT2D eigenvalue weighted by Gasteiger charge is -2.47. The monoisotopic (exact) mass is 282 g/mol. The van der Waals surface area contributed by atoms with Crippen LogP contribution in [0.25, 0.3) is 0 Å². The standard InChI is InChI=1S/C16H30N2S/c1-3-14-10-17-16(2,13-7-8-13)12-18(14)11-15-6-4-5-9-19-15/h13-15,17H,3-12H2,1-2H3. The van der Waals surface area contributed by atoms with Gasteiger partial charge in [0.05, 0.1) is 0 Å². The van der Waals surface area contributed by atoms with E-state index >= 15 is 0 Å². The van der Waals surface area contributed by atoms with E-state index in [-0.39, 0.29) is 0 Å². The Morgan fingerprint density at radius 1 is 1.26 bits per heavy atom. The summed E-state index contributed by atoms with van der Waals surface area (Å²) in [6.07, 6.45) is 8.55. The van der Waals surface area contributed by atoms with Crippen LogP contribution in [0.15, 0.2) is 0 Å². The van der Waals surface area contributed by atoms with Gasteiger partial charge < -0.3 is 5.32 Å². The van der Waals surface area contributed by atoms with E-state index in [0.29, 0.717) is 5.54 Å². The van der Waals surface area contributed by atoms with Crippen LogP contribution in [0.3, 0.4) is 0 Å². The van der Waals surface area contributed by atoms with Crippen molar-refractivity contribution in [3.8, 4) is 0 Å². The van der Waals surface area contributed by atoms with Crippen LogP contribution in [0.1, 0.15) is 52.4 Å². The highest BCUT2D eigenvalue weighted by molar-refractivity contribution is 7.99. The predicted molar refractivity (Wildman–Crippen MR) is 84.9 cm³/mol. The molecule has 3 fully saturated rings. The maximum Gasteiger partial charge on any atom is 0.0309 e. The number of nitrogens with one attached hydrogen (secondary N) is 1. The molecule has 0 aromatic carbocycles. The van der Waals surface area contributed by atoms with Gasteiger partial charge >= 0.3 is 0 Å². The molecule has 2 heterocycles. The van der Waals surface area contributed by atoms with Crippen molar-refractivity contribution in [2.45, 2.75) is 69.2 Å². The molecule has 19 heavy (non-hydrogen) atoms. The van der Waals surface area contributed by atoms with E-state index in [1.807, 2.05) is 0 Å². The van der Waals surface area contributed by atoms with E-state index in [9.17, 15) is 0 Å². The second-order valence-corrected chi connectivity index (χ2v) is 8.46. The van der Waals surface area contributed by atoms with Gasteiger partial charge in [-0.3, -0.25) is 4.90 Å². The van der Waals surface area contributed by atoms with Crippen molar-refractivity contribution in [3.63, 3.8) is 0 Å². The summed E-state index contributed by atoms with van der Waals surface area (Å²) in [5.74, 6) is 2.35. The Morgan fingerprint density at radius 2 is 2.11 bits per heavy atom. The van der Waals surface area contributed by atoms with Crippen molar-refractivity contribution < 1.29 is 0 Å². The molecular weight excluding hydrogens is 252 g/mol. The van der Waals surface area contributed by atoms with Crippen LogP contribution < -0.4 is 5.32 Å². The smallest absolute Gasteiger partial charge is 0.0309 e. The molecule has 110 valence electrons. The summed E-state index contributed by atoms with van der Waals surface area (Å²) in [6, 6.07) is 0.773. The zero-order valence-corrected chi connectivity index (χ0v) is 13.5. The quantitative estimate of drug-likeness (QED) is 0.853. The van der Waals surface area contributed by atoms with Gasteiger partial charge in [-0.25, -0.2) is 0 Å². The summed E-state index contributed by atoms with van der Waals surface area (Å²) in [5, 5.41) is 4.78. The van der Waals surface area contributed by atoms with Crippen molar-refractivity contribution >= 4 is 11.8 Å². The van der Waals surface area contributed by atoms with Gasteiger partial charge in [0.25, 0.3) is 0 Å². The molecular formula is C16H30N2S. The Balaban J connectivity index is 1.61.